The largest absolute Gasteiger partial charge is 0.378 e. The van der Waals surface area contributed by atoms with Crippen molar-refractivity contribution in [1.82, 2.24) is 20.1 Å². The van der Waals surface area contributed by atoms with Crippen LogP contribution in [0.25, 0.3) is 0 Å². The zero-order valence-corrected chi connectivity index (χ0v) is 12.4. The summed E-state index contributed by atoms with van der Waals surface area (Å²) in [6, 6.07) is 8.04. The number of aromatic nitrogens is 3. The summed E-state index contributed by atoms with van der Waals surface area (Å²) in [6.45, 7) is 1.95. The lowest BCUT2D eigenvalue weighted by Gasteiger charge is -2.12. The SMILES string of the molecule is O=C(CC1CCCO1)NCc1ccccc1Cn1cncn1. The molecule has 0 spiro atoms. The second kappa shape index (κ2) is 7.17. The second-order valence-electron chi connectivity index (χ2n) is 5.48. The van der Waals surface area contributed by atoms with Gasteiger partial charge in [-0.2, -0.15) is 5.10 Å². The minimum absolute atomic E-state index is 0.0439. The van der Waals surface area contributed by atoms with Gasteiger partial charge in [0, 0.05) is 13.2 Å². The van der Waals surface area contributed by atoms with Gasteiger partial charge in [0.2, 0.25) is 5.91 Å². The van der Waals surface area contributed by atoms with Gasteiger partial charge in [0.05, 0.1) is 19.1 Å². The number of hydrogen-bond acceptors (Lipinski definition) is 4. The van der Waals surface area contributed by atoms with Gasteiger partial charge in [0.1, 0.15) is 12.7 Å². The van der Waals surface area contributed by atoms with Gasteiger partial charge in [-0.1, -0.05) is 24.3 Å². The zero-order valence-electron chi connectivity index (χ0n) is 12.4. The van der Waals surface area contributed by atoms with Crippen molar-refractivity contribution in [1.29, 1.82) is 0 Å². The van der Waals surface area contributed by atoms with E-state index in [4.69, 9.17) is 4.74 Å². The number of rotatable bonds is 6. The fourth-order valence-corrected chi connectivity index (χ4v) is 2.65. The molecule has 0 saturated carbocycles. The predicted molar refractivity (Wildman–Crippen MR) is 81.0 cm³/mol. The van der Waals surface area contributed by atoms with Crippen LogP contribution in [0.3, 0.4) is 0 Å². The van der Waals surface area contributed by atoms with Crippen LogP contribution in [0.2, 0.25) is 0 Å². The number of nitrogens with one attached hydrogen (secondary N) is 1. The Balaban J connectivity index is 1.56. The standard InChI is InChI=1S/C16H20N4O2/c21-16(8-15-6-3-7-22-15)18-9-13-4-1-2-5-14(13)10-20-12-17-11-19-20/h1-2,4-5,11-12,15H,3,6-10H2,(H,18,21). The Bertz CT molecular complexity index is 606. The number of ether oxygens (including phenoxy) is 1. The Kier molecular flexibility index (Phi) is 4.80. The van der Waals surface area contributed by atoms with Crippen LogP contribution in [0.5, 0.6) is 0 Å². The minimum atomic E-state index is 0.0439. The van der Waals surface area contributed by atoms with E-state index in [2.05, 4.69) is 15.4 Å². The lowest BCUT2D eigenvalue weighted by molar-refractivity contribution is -0.123. The smallest absolute Gasteiger partial charge is 0.222 e. The molecule has 0 aliphatic carbocycles. The molecule has 2 heterocycles. The van der Waals surface area contributed by atoms with Crippen LogP contribution < -0.4 is 5.32 Å². The zero-order chi connectivity index (χ0) is 15.2. The van der Waals surface area contributed by atoms with Crippen LogP contribution in [0.15, 0.2) is 36.9 Å². The molecular weight excluding hydrogens is 280 g/mol. The quantitative estimate of drug-likeness (QED) is 0.878. The number of carbonyl (C=O) groups is 1. The third-order valence-electron chi connectivity index (χ3n) is 3.83. The first-order valence-corrected chi connectivity index (χ1v) is 7.59. The summed E-state index contributed by atoms with van der Waals surface area (Å²) in [5, 5.41) is 7.10. The summed E-state index contributed by atoms with van der Waals surface area (Å²) in [5.41, 5.74) is 2.23. The highest BCUT2D eigenvalue weighted by Gasteiger charge is 2.18. The van der Waals surface area contributed by atoms with Crippen molar-refractivity contribution in [2.45, 2.75) is 38.5 Å². The molecule has 1 saturated heterocycles. The van der Waals surface area contributed by atoms with Crippen molar-refractivity contribution in [3.05, 3.63) is 48.0 Å². The normalized spacial score (nSPS) is 17.5. The van der Waals surface area contributed by atoms with E-state index in [9.17, 15) is 4.79 Å². The van der Waals surface area contributed by atoms with Crippen molar-refractivity contribution in [3.8, 4) is 0 Å². The molecular formula is C16H20N4O2. The van der Waals surface area contributed by atoms with Crippen LogP contribution in [0.4, 0.5) is 0 Å². The van der Waals surface area contributed by atoms with E-state index in [1.165, 1.54) is 6.33 Å². The Labute approximate surface area is 129 Å². The number of benzene rings is 1. The summed E-state index contributed by atoms with van der Waals surface area (Å²) in [5.74, 6) is 0.0439. The molecule has 0 radical (unpaired) electrons. The average Bonchev–Trinajstić information content (AvgIpc) is 3.20. The van der Waals surface area contributed by atoms with Crippen LogP contribution >= 0.6 is 0 Å². The molecule has 6 heteroatoms. The van der Waals surface area contributed by atoms with Gasteiger partial charge in [-0.05, 0) is 24.0 Å². The first-order valence-electron chi connectivity index (χ1n) is 7.59. The van der Waals surface area contributed by atoms with Crippen molar-refractivity contribution in [2.24, 2.45) is 0 Å². The summed E-state index contributed by atoms with van der Waals surface area (Å²) in [7, 11) is 0. The topological polar surface area (TPSA) is 69.0 Å². The molecule has 3 rings (SSSR count). The molecule has 22 heavy (non-hydrogen) atoms. The van der Waals surface area contributed by atoms with Gasteiger partial charge >= 0.3 is 0 Å². The number of hydrogen-bond donors (Lipinski definition) is 1. The van der Waals surface area contributed by atoms with Crippen LogP contribution in [-0.2, 0) is 22.6 Å². The van der Waals surface area contributed by atoms with Crippen molar-refractivity contribution in [3.63, 3.8) is 0 Å². The Morgan fingerprint density at radius 1 is 1.36 bits per heavy atom. The summed E-state index contributed by atoms with van der Waals surface area (Å²) in [6.07, 6.45) is 5.78. The van der Waals surface area contributed by atoms with E-state index in [1.54, 1.807) is 11.0 Å². The monoisotopic (exact) mass is 300 g/mol. The molecule has 1 fully saturated rings. The van der Waals surface area contributed by atoms with Gasteiger partial charge < -0.3 is 10.1 Å². The molecule has 1 aliphatic heterocycles. The molecule has 1 unspecified atom stereocenters. The summed E-state index contributed by atoms with van der Waals surface area (Å²) < 4.78 is 7.26. The number of amides is 1. The molecule has 1 aliphatic rings. The third-order valence-corrected chi connectivity index (χ3v) is 3.83. The van der Waals surface area contributed by atoms with Crippen LogP contribution in [0.1, 0.15) is 30.4 Å². The fourth-order valence-electron chi connectivity index (χ4n) is 2.65. The maximum atomic E-state index is 12.0. The molecule has 2 aromatic rings. The lowest BCUT2D eigenvalue weighted by atomic mass is 10.1. The van der Waals surface area contributed by atoms with E-state index in [-0.39, 0.29) is 12.0 Å². The van der Waals surface area contributed by atoms with E-state index < -0.39 is 0 Å². The van der Waals surface area contributed by atoms with Gasteiger partial charge in [0.25, 0.3) is 0 Å². The lowest BCUT2D eigenvalue weighted by Crippen LogP contribution is -2.27. The molecule has 0 bridgehead atoms. The van der Waals surface area contributed by atoms with E-state index >= 15 is 0 Å². The highest BCUT2D eigenvalue weighted by atomic mass is 16.5. The average molecular weight is 300 g/mol. The maximum Gasteiger partial charge on any atom is 0.222 e. The maximum absolute atomic E-state index is 12.0. The van der Waals surface area contributed by atoms with Crippen molar-refractivity contribution < 1.29 is 9.53 Å². The second-order valence-corrected chi connectivity index (χ2v) is 5.48. The number of nitrogens with zero attached hydrogens (tertiary/aromatic N) is 3. The highest BCUT2D eigenvalue weighted by Crippen LogP contribution is 2.15. The molecule has 1 atom stereocenters. The Hall–Kier alpha value is -2.21. The number of carbonyl (C=O) groups excluding carboxylic acids is 1. The first-order chi connectivity index (χ1) is 10.8. The molecule has 1 aromatic carbocycles. The predicted octanol–water partition coefficient (Wildman–Crippen LogP) is 1.51. The molecule has 1 aromatic heterocycles. The Morgan fingerprint density at radius 3 is 2.95 bits per heavy atom. The van der Waals surface area contributed by atoms with Crippen molar-refractivity contribution in [2.75, 3.05) is 6.61 Å². The molecule has 116 valence electrons. The molecule has 6 nitrogen and oxygen atoms in total. The first kappa shape index (κ1) is 14.7. The molecule has 1 N–H and O–H groups in total. The third kappa shape index (κ3) is 3.92. The summed E-state index contributed by atoms with van der Waals surface area (Å²) >= 11 is 0. The van der Waals surface area contributed by atoms with E-state index in [0.29, 0.717) is 19.5 Å². The van der Waals surface area contributed by atoms with Gasteiger partial charge in [-0.3, -0.25) is 4.79 Å². The minimum Gasteiger partial charge on any atom is -0.378 e. The van der Waals surface area contributed by atoms with E-state index in [0.717, 1.165) is 30.6 Å². The Morgan fingerprint density at radius 2 is 2.23 bits per heavy atom. The highest BCUT2D eigenvalue weighted by molar-refractivity contribution is 5.76. The van der Waals surface area contributed by atoms with Gasteiger partial charge in [-0.15, -0.1) is 0 Å². The fraction of sp³-hybridized carbons (Fsp3) is 0.438. The van der Waals surface area contributed by atoms with Crippen LogP contribution in [0, 0.1) is 0 Å². The van der Waals surface area contributed by atoms with E-state index in [1.807, 2.05) is 24.3 Å². The van der Waals surface area contributed by atoms with Crippen LogP contribution in [-0.4, -0.2) is 33.4 Å². The van der Waals surface area contributed by atoms with Crippen molar-refractivity contribution >= 4 is 5.91 Å². The molecule has 1 amide bonds. The van der Waals surface area contributed by atoms with Gasteiger partial charge in [-0.25, -0.2) is 9.67 Å². The van der Waals surface area contributed by atoms with Gasteiger partial charge in [0.15, 0.2) is 0 Å². The summed E-state index contributed by atoms with van der Waals surface area (Å²) in [4.78, 5) is 15.9.